The van der Waals surface area contributed by atoms with Crippen molar-refractivity contribution < 1.29 is 0 Å². The fourth-order valence-corrected chi connectivity index (χ4v) is 9.08. The number of benzene rings is 5. The molecule has 2 aliphatic heterocycles. The number of para-hydroxylation sites is 3. The summed E-state index contributed by atoms with van der Waals surface area (Å²) in [5.41, 5.74) is 17.7. The Hall–Kier alpha value is -6.65. The number of hydrogen-bond acceptors (Lipinski definition) is 3. The van der Waals surface area contributed by atoms with Crippen LogP contribution < -0.4 is 10.2 Å². The quantitative estimate of drug-likeness (QED) is 0.198. The molecule has 4 heteroatoms. The van der Waals surface area contributed by atoms with Crippen LogP contribution in [0.5, 0.6) is 0 Å². The summed E-state index contributed by atoms with van der Waals surface area (Å²) in [7, 11) is 0. The van der Waals surface area contributed by atoms with Crippen molar-refractivity contribution in [2.45, 2.75) is 32.2 Å². The van der Waals surface area contributed by atoms with E-state index in [2.05, 4.69) is 192 Å². The van der Waals surface area contributed by atoms with Gasteiger partial charge >= 0.3 is 0 Å². The SMILES string of the molecule is CC1C=Cc2c(n(-c3cc(C4=CC=C5C=CCCC5N4)cc(-c4ccc5ccccc5n4)c3)c3c4c(ccc23)N(c2ccccc2)c2ccccc2C=C4)C1. The fraction of sp³-hybridized carbons (Fsp3) is 0.118. The van der Waals surface area contributed by atoms with Crippen LogP contribution in [0.25, 0.3) is 62.7 Å². The number of allylic oxidation sites excluding steroid dienone is 4. The molecule has 2 aliphatic carbocycles. The third-order valence-electron chi connectivity index (χ3n) is 11.7. The van der Waals surface area contributed by atoms with Crippen LogP contribution in [0.3, 0.4) is 0 Å². The van der Waals surface area contributed by atoms with Gasteiger partial charge in [-0.05, 0) is 97.0 Å². The number of anilines is 3. The maximum absolute atomic E-state index is 5.23. The third kappa shape index (κ3) is 5.32. The topological polar surface area (TPSA) is 33.1 Å². The Kier molecular flexibility index (Phi) is 7.38. The fourth-order valence-electron chi connectivity index (χ4n) is 9.08. The van der Waals surface area contributed by atoms with Gasteiger partial charge in [-0.2, -0.15) is 0 Å². The molecular weight excluding hydrogens is 669 g/mol. The van der Waals surface area contributed by atoms with E-state index >= 15 is 0 Å². The van der Waals surface area contributed by atoms with E-state index in [1.54, 1.807) is 0 Å². The molecule has 4 aliphatic rings. The second-order valence-electron chi connectivity index (χ2n) is 15.3. The van der Waals surface area contributed by atoms with Crippen LogP contribution in [0.2, 0.25) is 0 Å². The number of aromatic nitrogens is 2. The van der Waals surface area contributed by atoms with Crippen molar-refractivity contribution in [1.82, 2.24) is 14.9 Å². The van der Waals surface area contributed by atoms with Gasteiger partial charge in [0.25, 0.3) is 0 Å². The first kappa shape index (κ1) is 31.8. The normalized spacial score (nSPS) is 18.2. The maximum Gasteiger partial charge on any atom is 0.0710 e. The zero-order valence-corrected chi connectivity index (χ0v) is 30.8. The minimum atomic E-state index is 0.313. The lowest BCUT2D eigenvalue weighted by molar-refractivity contribution is 0.617. The molecule has 2 atom stereocenters. The molecule has 0 spiro atoms. The summed E-state index contributed by atoms with van der Waals surface area (Å²) in [6.07, 6.45) is 21.6. The van der Waals surface area contributed by atoms with Gasteiger partial charge in [-0.25, -0.2) is 4.98 Å². The van der Waals surface area contributed by atoms with E-state index < -0.39 is 0 Å². The molecule has 0 bridgehead atoms. The summed E-state index contributed by atoms with van der Waals surface area (Å²) in [4.78, 5) is 7.66. The Morgan fingerprint density at radius 2 is 1.55 bits per heavy atom. The number of pyridine rings is 1. The predicted molar refractivity (Wildman–Crippen MR) is 231 cm³/mol. The summed E-state index contributed by atoms with van der Waals surface area (Å²) in [6.45, 7) is 2.33. The van der Waals surface area contributed by atoms with Gasteiger partial charge in [-0.3, -0.25) is 0 Å². The van der Waals surface area contributed by atoms with Crippen LogP contribution in [0, 0.1) is 5.92 Å². The van der Waals surface area contributed by atoms with Gasteiger partial charge in [0, 0.05) is 55.8 Å². The molecular formula is C51H40N4. The molecule has 7 aromatic rings. The van der Waals surface area contributed by atoms with Crippen LogP contribution in [0.4, 0.5) is 17.1 Å². The van der Waals surface area contributed by atoms with Gasteiger partial charge in [0.1, 0.15) is 0 Å². The zero-order valence-electron chi connectivity index (χ0n) is 30.8. The number of rotatable bonds is 4. The molecule has 4 heterocycles. The predicted octanol–water partition coefficient (Wildman–Crippen LogP) is 12.6. The van der Waals surface area contributed by atoms with E-state index in [1.165, 1.54) is 50.2 Å². The summed E-state index contributed by atoms with van der Waals surface area (Å²) < 4.78 is 2.58. The van der Waals surface area contributed by atoms with Crippen molar-refractivity contribution in [2.24, 2.45) is 5.92 Å². The third-order valence-corrected chi connectivity index (χ3v) is 11.7. The number of nitrogens with one attached hydrogen (secondary N) is 1. The van der Waals surface area contributed by atoms with Gasteiger partial charge in [0.2, 0.25) is 0 Å². The molecule has 1 N–H and O–H groups in total. The van der Waals surface area contributed by atoms with Gasteiger partial charge < -0.3 is 14.8 Å². The van der Waals surface area contributed by atoms with Crippen molar-refractivity contribution in [1.29, 1.82) is 0 Å². The van der Waals surface area contributed by atoms with E-state index in [0.717, 1.165) is 64.1 Å². The Morgan fingerprint density at radius 3 is 2.49 bits per heavy atom. The van der Waals surface area contributed by atoms with Crippen LogP contribution in [0.1, 0.15) is 47.7 Å². The molecule has 0 saturated carbocycles. The smallest absolute Gasteiger partial charge is 0.0710 e. The largest absolute Gasteiger partial charge is 0.378 e. The Bertz CT molecular complexity index is 2850. The molecule has 11 rings (SSSR count). The highest BCUT2D eigenvalue weighted by molar-refractivity contribution is 6.06. The highest BCUT2D eigenvalue weighted by Crippen LogP contribution is 2.47. The van der Waals surface area contributed by atoms with Crippen molar-refractivity contribution >= 4 is 62.8 Å². The molecule has 0 amide bonds. The zero-order chi connectivity index (χ0) is 36.5. The van der Waals surface area contributed by atoms with E-state index in [9.17, 15) is 0 Å². The first-order chi connectivity index (χ1) is 27.2. The van der Waals surface area contributed by atoms with Crippen molar-refractivity contribution in [2.75, 3.05) is 4.90 Å². The standard InChI is InChI=1S/C51H40N4/c1-33-19-23-41-42-25-28-49-43(24-20-36-13-7-10-18-48(36)54(49)39-14-3-2-4-15-39)51(42)55(50(41)29-33)40-31-37(46-26-21-34-11-5-8-16-44(34)52-46)30-38(32-40)47-27-22-35-12-6-9-17-45(35)53-47/h2-8,10-16,18-28,30-33,45,53H,9,17,29H2,1H3. The monoisotopic (exact) mass is 708 g/mol. The van der Waals surface area contributed by atoms with E-state index in [4.69, 9.17) is 4.98 Å². The summed E-state index contributed by atoms with van der Waals surface area (Å²) in [6, 6.07) is 44.4. The molecule has 4 nitrogen and oxygen atoms in total. The number of dihydropyridines is 1. The molecule has 0 fully saturated rings. The van der Waals surface area contributed by atoms with Crippen molar-refractivity contribution in [3.63, 3.8) is 0 Å². The second kappa shape index (κ2) is 12.7. The van der Waals surface area contributed by atoms with Crippen LogP contribution in [-0.4, -0.2) is 15.6 Å². The molecule has 2 unspecified atom stereocenters. The minimum Gasteiger partial charge on any atom is -0.378 e. The Labute approximate surface area is 321 Å². The highest BCUT2D eigenvalue weighted by atomic mass is 15.2. The number of hydrogen-bond donors (Lipinski definition) is 1. The summed E-state index contributed by atoms with van der Waals surface area (Å²) in [5.74, 6) is 0.422. The Morgan fingerprint density at radius 1 is 0.691 bits per heavy atom. The lowest BCUT2D eigenvalue weighted by Gasteiger charge is -2.29. The molecule has 2 aromatic heterocycles. The number of fused-ring (bicyclic) bond motifs is 8. The van der Waals surface area contributed by atoms with E-state index in [1.807, 2.05) is 0 Å². The first-order valence-electron chi connectivity index (χ1n) is 19.5. The van der Waals surface area contributed by atoms with Gasteiger partial charge in [-0.15, -0.1) is 0 Å². The van der Waals surface area contributed by atoms with E-state index in [0.29, 0.717) is 12.0 Å². The summed E-state index contributed by atoms with van der Waals surface area (Å²) in [5, 5.41) is 6.35. The Balaban J connectivity index is 1.20. The average molecular weight is 709 g/mol. The molecule has 55 heavy (non-hydrogen) atoms. The number of nitrogens with zero attached hydrogens (tertiary/aromatic N) is 3. The molecule has 0 saturated heterocycles. The molecule has 0 radical (unpaired) electrons. The first-order valence-corrected chi connectivity index (χ1v) is 19.5. The maximum atomic E-state index is 5.23. The van der Waals surface area contributed by atoms with E-state index in [-0.39, 0.29) is 0 Å². The van der Waals surface area contributed by atoms with Crippen molar-refractivity contribution in [3.8, 4) is 16.9 Å². The lowest BCUT2D eigenvalue weighted by atomic mass is 9.91. The summed E-state index contributed by atoms with van der Waals surface area (Å²) >= 11 is 0. The minimum absolute atomic E-state index is 0.313. The molecule has 5 aromatic carbocycles. The van der Waals surface area contributed by atoms with Crippen molar-refractivity contribution in [3.05, 3.63) is 185 Å². The second-order valence-corrected chi connectivity index (χ2v) is 15.3. The van der Waals surface area contributed by atoms with Crippen LogP contribution in [-0.2, 0) is 6.42 Å². The van der Waals surface area contributed by atoms with Crippen LogP contribution >= 0.6 is 0 Å². The highest BCUT2D eigenvalue weighted by Gasteiger charge is 2.28. The molecule has 264 valence electrons. The van der Waals surface area contributed by atoms with Gasteiger partial charge in [0.15, 0.2) is 0 Å². The average Bonchev–Trinajstić information content (AvgIpc) is 3.46. The lowest BCUT2D eigenvalue weighted by Crippen LogP contribution is -2.32. The van der Waals surface area contributed by atoms with Crippen LogP contribution in [0.15, 0.2) is 157 Å². The van der Waals surface area contributed by atoms with Gasteiger partial charge in [-0.1, -0.05) is 116 Å². The van der Waals surface area contributed by atoms with Gasteiger partial charge in [0.05, 0.1) is 34.1 Å².